The number of thiophene rings is 2. The molecule has 10 aromatic rings. The molecule has 0 unspecified atom stereocenters. The van der Waals surface area contributed by atoms with Crippen LogP contribution in [0.5, 0.6) is 0 Å². The second-order valence-electron chi connectivity index (χ2n) is 11.5. The molecule has 0 radical (unpaired) electrons. The van der Waals surface area contributed by atoms with Crippen molar-refractivity contribution in [2.45, 2.75) is 0 Å². The van der Waals surface area contributed by atoms with Crippen molar-refractivity contribution in [3.63, 3.8) is 0 Å². The average molecular weight is 625 g/mol. The lowest BCUT2D eigenvalue weighted by molar-refractivity contribution is 0.669. The largest absolute Gasteiger partial charge is 0.456 e. The van der Waals surface area contributed by atoms with E-state index < -0.39 is 0 Å². The Hall–Kier alpha value is -5.49. The van der Waals surface area contributed by atoms with Gasteiger partial charge in [-0.15, -0.1) is 22.7 Å². The highest BCUT2D eigenvalue weighted by Crippen LogP contribution is 2.46. The van der Waals surface area contributed by atoms with Crippen molar-refractivity contribution in [1.82, 2.24) is 4.98 Å². The lowest BCUT2D eigenvalue weighted by Gasteiger charge is -2.26. The Morgan fingerprint density at radius 3 is 2.20 bits per heavy atom. The molecule has 0 atom stereocenters. The van der Waals surface area contributed by atoms with Gasteiger partial charge in [0.15, 0.2) is 0 Å². The van der Waals surface area contributed by atoms with E-state index in [1.54, 1.807) is 11.3 Å². The number of aromatic nitrogens is 1. The monoisotopic (exact) mass is 624 g/mol. The summed E-state index contributed by atoms with van der Waals surface area (Å²) in [6, 6.07) is 50.0. The van der Waals surface area contributed by atoms with Crippen LogP contribution in [0.2, 0.25) is 0 Å². The zero-order valence-electron chi connectivity index (χ0n) is 24.5. The quantitative estimate of drug-likeness (QED) is 0.195. The highest BCUT2D eigenvalue weighted by molar-refractivity contribution is 7.26. The van der Waals surface area contributed by atoms with Crippen LogP contribution >= 0.6 is 22.7 Å². The van der Waals surface area contributed by atoms with Crippen LogP contribution in [0.4, 0.5) is 17.1 Å². The Morgan fingerprint density at radius 1 is 0.522 bits per heavy atom. The van der Waals surface area contributed by atoms with Gasteiger partial charge < -0.3 is 9.32 Å². The van der Waals surface area contributed by atoms with Crippen LogP contribution in [0, 0.1) is 0 Å². The molecule has 46 heavy (non-hydrogen) atoms. The predicted octanol–water partition coefficient (Wildman–Crippen LogP) is 12.9. The molecule has 0 bridgehead atoms. The molecule has 4 heterocycles. The zero-order chi connectivity index (χ0) is 30.2. The Labute approximate surface area is 272 Å². The number of para-hydroxylation sites is 1. The van der Waals surface area contributed by atoms with Gasteiger partial charge in [0.05, 0.1) is 11.1 Å². The summed E-state index contributed by atoms with van der Waals surface area (Å²) in [4.78, 5) is 8.09. The van der Waals surface area contributed by atoms with Gasteiger partial charge in [-0.25, -0.2) is 4.98 Å². The van der Waals surface area contributed by atoms with Crippen molar-refractivity contribution in [2.24, 2.45) is 0 Å². The Balaban J connectivity index is 1.19. The van der Waals surface area contributed by atoms with E-state index in [1.165, 1.54) is 46.8 Å². The van der Waals surface area contributed by atoms with Crippen molar-refractivity contribution in [2.75, 3.05) is 4.90 Å². The SMILES string of the molecule is c1ccc2c(c1)oc1cccc(N(c3ccc(-c4cccc5c4sc4ncccc45)cc3)c3ccc4sc5ccccc5c4c3)c12. The molecule has 6 aromatic carbocycles. The molecule has 0 N–H and O–H groups in total. The van der Waals surface area contributed by atoms with Crippen molar-refractivity contribution in [3.05, 3.63) is 146 Å². The predicted molar refractivity (Wildman–Crippen MR) is 197 cm³/mol. The first-order valence-electron chi connectivity index (χ1n) is 15.3. The molecule has 4 aromatic heterocycles. The highest BCUT2D eigenvalue weighted by Gasteiger charge is 2.20. The Kier molecular flexibility index (Phi) is 5.61. The normalized spacial score (nSPS) is 11.9. The van der Waals surface area contributed by atoms with Gasteiger partial charge in [0.1, 0.15) is 16.0 Å². The van der Waals surface area contributed by atoms with E-state index in [-0.39, 0.29) is 0 Å². The summed E-state index contributed by atoms with van der Waals surface area (Å²) in [6.45, 7) is 0. The van der Waals surface area contributed by atoms with Crippen LogP contribution in [0.1, 0.15) is 0 Å². The van der Waals surface area contributed by atoms with E-state index in [0.29, 0.717) is 0 Å². The van der Waals surface area contributed by atoms with Gasteiger partial charge in [-0.3, -0.25) is 0 Å². The minimum atomic E-state index is 0.882. The Morgan fingerprint density at radius 2 is 1.26 bits per heavy atom. The van der Waals surface area contributed by atoms with Gasteiger partial charge >= 0.3 is 0 Å². The lowest BCUT2D eigenvalue weighted by Crippen LogP contribution is -2.10. The molecule has 0 fully saturated rings. The van der Waals surface area contributed by atoms with Crippen LogP contribution in [-0.2, 0) is 0 Å². The topological polar surface area (TPSA) is 29.3 Å². The maximum Gasteiger partial charge on any atom is 0.137 e. The molecule has 0 aliphatic carbocycles. The first kappa shape index (κ1) is 25.8. The molecule has 0 aliphatic heterocycles. The molecule has 0 aliphatic rings. The van der Waals surface area contributed by atoms with Gasteiger partial charge in [-0.05, 0) is 77.9 Å². The summed E-state index contributed by atoms with van der Waals surface area (Å²) in [6.07, 6.45) is 1.88. The minimum absolute atomic E-state index is 0.882. The third-order valence-corrected chi connectivity index (χ3v) is 11.3. The maximum absolute atomic E-state index is 6.34. The number of nitrogens with zero attached hydrogens (tertiary/aromatic N) is 2. The summed E-state index contributed by atoms with van der Waals surface area (Å²) >= 11 is 3.61. The number of fused-ring (bicyclic) bond motifs is 9. The summed E-state index contributed by atoms with van der Waals surface area (Å²) in [5, 5.41) is 7.25. The molecule has 10 rings (SSSR count). The molecular weight excluding hydrogens is 601 g/mol. The van der Waals surface area contributed by atoms with Crippen molar-refractivity contribution in [3.8, 4) is 11.1 Å². The van der Waals surface area contributed by atoms with Crippen LogP contribution < -0.4 is 4.90 Å². The highest BCUT2D eigenvalue weighted by atomic mass is 32.1. The van der Waals surface area contributed by atoms with E-state index in [1.807, 2.05) is 35.7 Å². The molecule has 0 saturated carbocycles. The maximum atomic E-state index is 6.34. The van der Waals surface area contributed by atoms with E-state index >= 15 is 0 Å². The number of pyridine rings is 1. The number of hydrogen-bond donors (Lipinski definition) is 0. The second-order valence-corrected chi connectivity index (χ2v) is 13.6. The number of anilines is 3. The molecule has 0 spiro atoms. The number of furan rings is 1. The fourth-order valence-corrected chi connectivity index (χ4v) is 9.14. The third kappa shape index (κ3) is 3.86. The fourth-order valence-electron chi connectivity index (χ4n) is 6.87. The smallest absolute Gasteiger partial charge is 0.137 e. The molecule has 3 nitrogen and oxygen atoms in total. The average Bonchev–Trinajstić information content (AvgIpc) is 3.80. The molecule has 0 saturated heterocycles. The van der Waals surface area contributed by atoms with Crippen molar-refractivity contribution in [1.29, 1.82) is 0 Å². The van der Waals surface area contributed by atoms with Gasteiger partial charge in [0.2, 0.25) is 0 Å². The molecular formula is C41H24N2OS2. The van der Waals surface area contributed by atoms with Crippen molar-refractivity contribution >= 4 is 102 Å². The van der Waals surface area contributed by atoms with Gasteiger partial charge in [-0.2, -0.15) is 0 Å². The van der Waals surface area contributed by atoms with Crippen LogP contribution in [0.25, 0.3) is 73.5 Å². The zero-order valence-corrected chi connectivity index (χ0v) is 26.1. The number of benzene rings is 6. The van der Waals surface area contributed by atoms with Gasteiger partial charge in [0, 0.05) is 58.6 Å². The van der Waals surface area contributed by atoms with Gasteiger partial charge in [-0.1, -0.05) is 72.8 Å². The van der Waals surface area contributed by atoms with Crippen LogP contribution in [-0.4, -0.2) is 4.98 Å². The molecule has 216 valence electrons. The summed E-state index contributed by atoms with van der Waals surface area (Å²) < 4.78 is 10.2. The first-order chi connectivity index (χ1) is 22.8. The second kappa shape index (κ2) is 10.0. The number of rotatable bonds is 4. The van der Waals surface area contributed by atoms with E-state index in [0.717, 1.165) is 43.8 Å². The summed E-state index contributed by atoms with van der Waals surface area (Å²) in [5.74, 6) is 0. The fraction of sp³-hybridized carbons (Fsp3) is 0. The van der Waals surface area contributed by atoms with E-state index in [4.69, 9.17) is 4.42 Å². The standard InChI is InChI=1S/C41H24N2OS2/c1-3-14-35-32(9-1)39-34(13-6-15-36(39)44-35)43(27-21-22-38-33(24-27)29-8-2-4-16-37(29)45-38)26-19-17-25(18-20-26)28-10-5-11-30-31-12-7-23-42-41(31)46-40(28)30/h1-24H. The van der Waals surface area contributed by atoms with Crippen molar-refractivity contribution < 1.29 is 4.42 Å². The first-order valence-corrected chi connectivity index (χ1v) is 16.9. The summed E-state index contributed by atoms with van der Waals surface area (Å²) in [5.41, 5.74) is 7.48. The van der Waals surface area contributed by atoms with E-state index in [9.17, 15) is 0 Å². The van der Waals surface area contributed by atoms with Crippen LogP contribution in [0.15, 0.2) is 150 Å². The van der Waals surface area contributed by atoms with Crippen LogP contribution in [0.3, 0.4) is 0 Å². The molecule has 0 amide bonds. The summed E-state index contributed by atoms with van der Waals surface area (Å²) in [7, 11) is 0. The molecule has 5 heteroatoms. The number of hydrogen-bond acceptors (Lipinski definition) is 5. The Bertz CT molecular complexity index is 2770. The minimum Gasteiger partial charge on any atom is -0.456 e. The lowest BCUT2D eigenvalue weighted by atomic mass is 10.0. The van der Waals surface area contributed by atoms with E-state index in [2.05, 4.69) is 131 Å². The van der Waals surface area contributed by atoms with Gasteiger partial charge in [0.25, 0.3) is 0 Å². The third-order valence-electron chi connectivity index (χ3n) is 8.95.